The second kappa shape index (κ2) is 5.59. The zero-order valence-electron chi connectivity index (χ0n) is 10.4. The predicted molar refractivity (Wildman–Crippen MR) is 62.2 cm³/mol. The Labute approximate surface area is 111 Å². The van der Waals surface area contributed by atoms with Crippen molar-refractivity contribution in [3.63, 3.8) is 0 Å². The standard InChI is InChI=1S/C10H12F3N5O2/c1-20-4-6(19)3-14-8-2-7(10(11,12)13)17-9-15-5-16-18(8)9/h2,5-6,14,19H,3-4H2,1H3/t6-/m1/s1. The van der Waals surface area contributed by atoms with Crippen LogP contribution in [0.15, 0.2) is 12.4 Å². The SMILES string of the molecule is COC[C@H](O)CNc1cc(C(F)(F)F)nc2ncnn12. The van der Waals surface area contributed by atoms with Crippen LogP contribution in [0.1, 0.15) is 5.69 Å². The molecule has 0 radical (unpaired) electrons. The van der Waals surface area contributed by atoms with Gasteiger partial charge in [-0.25, -0.2) is 4.98 Å². The van der Waals surface area contributed by atoms with Crippen LogP contribution < -0.4 is 5.32 Å². The van der Waals surface area contributed by atoms with E-state index in [0.717, 1.165) is 16.9 Å². The lowest BCUT2D eigenvalue weighted by atomic mass is 10.3. The molecule has 0 bridgehead atoms. The topological polar surface area (TPSA) is 84.6 Å². The number of aliphatic hydroxyl groups excluding tert-OH is 1. The van der Waals surface area contributed by atoms with Gasteiger partial charge in [0.15, 0.2) is 5.69 Å². The van der Waals surface area contributed by atoms with Crippen LogP contribution >= 0.6 is 0 Å². The molecule has 2 N–H and O–H groups in total. The third kappa shape index (κ3) is 3.14. The van der Waals surface area contributed by atoms with E-state index in [9.17, 15) is 18.3 Å². The molecule has 110 valence electrons. The first kappa shape index (κ1) is 14.5. The molecule has 0 amide bonds. The number of aliphatic hydroxyl groups is 1. The third-order valence-corrected chi connectivity index (χ3v) is 2.42. The number of nitrogens with zero attached hydrogens (tertiary/aromatic N) is 4. The Hall–Kier alpha value is -1.94. The molecule has 20 heavy (non-hydrogen) atoms. The van der Waals surface area contributed by atoms with Gasteiger partial charge in [0.2, 0.25) is 0 Å². The minimum absolute atomic E-state index is 0.00408. The van der Waals surface area contributed by atoms with Gasteiger partial charge in [0.1, 0.15) is 12.1 Å². The van der Waals surface area contributed by atoms with Gasteiger partial charge in [-0.3, -0.25) is 0 Å². The fraction of sp³-hybridized carbons (Fsp3) is 0.500. The lowest BCUT2D eigenvalue weighted by Gasteiger charge is -2.14. The Bertz CT molecular complexity index is 586. The predicted octanol–water partition coefficient (Wildman–Crippen LogP) is 0.562. The molecule has 7 nitrogen and oxygen atoms in total. The first-order chi connectivity index (χ1) is 9.41. The molecular formula is C10H12F3N5O2. The number of halogens is 3. The van der Waals surface area contributed by atoms with Crippen molar-refractivity contribution in [1.82, 2.24) is 19.6 Å². The average molecular weight is 291 g/mol. The Morgan fingerprint density at radius 1 is 1.50 bits per heavy atom. The molecule has 2 aromatic rings. The fourth-order valence-corrected chi connectivity index (χ4v) is 1.56. The van der Waals surface area contributed by atoms with Crippen molar-refractivity contribution in [3.8, 4) is 0 Å². The molecule has 10 heteroatoms. The molecule has 0 fully saturated rings. The summed E-state index contributed by atoms with van der Waals surface area (Å²) in [6.07, 6.45) is -4.35. The van der Waals surface area contributed by atoms with E-state index in [0.29, 0.717) is 0 Å². The van der Waals surface area contributed by atoms with Crippen molar-refractivity contribution in [1.29, 1.82) is 0 Å². The second-order valence-corrected chi connectivity index (χ2v) is 3.99. The van der Waals surface area contributed by atoms with Crippen molar-refractivity contribution in [2.45, 2.75) is 12.3 Å². The highest BCUT2D eigenvalue weighted by atomic mass is 19.4. The van der Waals surface area contributed by atoms with Crippen LogP contribution in [-0.4, -0.2) is 51.1 Å². The molecule has 0 aliphatic carbocycles. The summed E-state index contributed by atoms with van der Waals surface area (Å²) < 4.78 is 44.0. The van der Waals surface area contributed by atoms with Gasteiger partial charge in [-0.15, -0.1) is 0 Å². The van der Waals surface area contributed by atoms with E-state index in [2.05, 4.69) is 20.4 Å². The maximum absolute atomic E-state index is 12.7. The lowest BCUT2D eigenvalue weighted by Crippen LogP contribution is -2.25. The van der Waals surface area contributed by atoms with Crippen LogP contribution in [0.2, 0.25) is 0 Å². The van der Waals surface area contributed by atoms with E-state index >= 15 is 0 Å². The summed E-state index contributed by atoms with van der Waals surface area (Å²) in [6, 6.07) is 0.807. The highest BCUT2D eigenvalue weighted by Crippen LogP contribution is 2.29. The van der Waals surface area contributed by atoms with E-state index in [4.69, 9.17) is 4.74 Å². The number of rotatable bonds is 5. The summed E-state index contributed by atoms with van der Waals surface area (Å²) in [4.78, 5) is 7.00. The molecule has 0 saturated heterocycles. The molecule has 0 unspecified atom stereocenters. The van der Waals surface area contributed by atoms with Crippen molar-refractivity contribution in [3.05, 3.63) is 18.1 Å². The maximum Gasteiger partial charge on any atom is 0.433 e. The van der Waals surface area contributed by atoms with Gasteiger partial charge in [0.05, 0.1) is 12.7 Å². The highest BCUT2D eigenvalue weighted by Gasteiger charge is 2.34. The molecule has 0 aliphatic rings. The molecule has 2 heterocycles. The number of fused-ring (bicyclic) bond motifs is 1. The maximum atomic E-state index is 12.7. The first-order valence-corrected chi connectivity index (χ1v) is 5.60. The number of anilines is 1. The zero-order chi connectivity index (χ0) is 14.8. The molecular weight excluding hydrogens is 279 g/mol. The van der Waals surface area contributed by atoms with Crippen molar-refractivity contribution < 1.29 is 23.0 Å². The molecule has 0 aliphatic heterocycles. The summed E-state index contributed by atoms with van der Waals surface area (Å²) in [5, 5.41) is 15.9. The average Bonchev–Trinajstić information content (AvgIpc) is 2.83. The highest BCUT2D eigenvalue weighted by molar-refractivity contribution is 5.45. The summed E-state index contributed by atoms with van der Waals surface area (Å²) in [5.41, 5.74) is -1.08. The minimum Gasteiger partial charge on any atom is -0.389 e. The number of hydrogen-bond acceptors (Lipinski definition) is 6. The Kier molecular flexibility index (Phi) is 4.04. The van der Waals surface area contributed by atoms with E-state index in [-0.39, 0.29) is 24.7 Å². The molecule has 1 atom stereocenters. The Morgan fingerprint density at radius 2 is 2.25 bits per heavy atom. The third-order valence-electron chi connectivity index (χ3n) is 2.42. The van der Waals surface area contributed by atoms with Crippen LogP contribution in [-0.2, 0) is 10.9 Å². The van der Waals surface area contributed by atoms with E-state index < -0.39 is 18.0 Å². The molecule has 2 aromatic heterocycles. The molecule has 0 saturated carbocycles. The van der Waals surface area contributed by atoms with Crippen molar-refractivity contribution >= 4 is 11.6 Å². The van der Waals surface area contributed by atoms with Crippen LogP contribution in [0.5, 0.6) is 0 Å². The number of aromatic nitrogens is 4. The number of alkyl halides is 3. The monoisotopic (exact) mass is 291 g/mol. The van der Waals surface area contributed by atoms with Gasteiger partial charge >= 0.3 is 6.18 Å². The largest absolute Gasteiger partial charge is 0.433 e. The van der Waals surface area contributed by atoms with Crippen molar-refractivity contribution in [2.24, 2.45) is 0 Å². The zero-order valence-corrected chi connectivity index (χ0v) is 10.4. The smallest absolute Gasteiger partial charge is 0.389 e. The molecule has 0 aromatic carbocycles. The summed E-state index contributed by atoms with van der Waals surface area (Å²) >= 11 is 0. The second-order valence-electron chi connectivity index (χ2n) is 3.99. The van der Waals surface area contributed by atoms with E-state index in [1.807, 2.05) is 0 Å². The first-order valence-electron chi connectivity index (χ1n) is 5.60. The summed E-state index contributed by atoms with van der Waals surface area (Å²) in [6.45, 7) is 0.0643. The van der Waals surface area contributed by atoms with Gasteiger partial charge in [-0.1, -0.05) is 0 Å². The molecule has 2 rings (SSSR count). The Morgan fingerprint density at radius 3 is 2.90 bits per heavy atom. The van der Waals surface area contributed by atoms with Gasteiger partial charge in [-0.05, 0) is 0 Å². The summed E-state index contributed by atoms with van der Waals surface area (Å²) in [7, 11) is 1.41. The number of nitrogens with one attached hydrogen (secondary N) is 1. The number of methoxy groups -OCH3 is 1. The van der Waals surface area contributed by atoms with Crippen LogP contribution in [0.4, 0.5) is 19.0 Å². The summed E-state index contributed by atoms with van der Waals surface area (Å²) in [5.74, 6) is -0.140. The van der Waals surface area contributed by atoms with E-state index in [1.54, 1.807) is 0 Å². The molecule has 0 spiro atoms. The number of hydrogen-bond donors (Lipinski definition) is 2. The van der Waals surface area contributed by atoms with Gasteiger partial charge in [0, 0.05) is 19.7 Å². The van der Waals surface area contributed by atoms with Crippen molar-refractivity contribution in [2.75, 3.05) is 25.6 Å². The van der Waals surface area contributed by atoms with Crippen LogP contribution in [0, 0.1) is 0 Å². The van der Waals surface area contributed by atoms with E-state index in [1.165, 1.54) is 7.11 Å². The van der Waals surface area contributed by atoms with Gasteiger partial charge in [-0.2, -0.15) is 27.8 Å². The van der Waals surface area contributed by atoms with Crippen LogP contribution in [0.3, 0.4) is 0 Å². The fourth-order valence-electron chi connectivity index (χ4n) is 1.56. The number of ether oxygens (including phenoxy) is 1. The van der Waals surface area contributed by atoms with Gasteiger partial charge in [0.25, 0.3) is 5.78 Å². The quantitative estimate of drug-likeness (QED) is 0.837. The Balaban J connectivity index is 2.28. The normalized spacial score (nSPS) is 13.7. The minimum atomic E-state index is -4.59. The lowest BCUT2D eigenvalue weighted by molar-refractivity contribution is -0.141. The van der Waals surface area contributed by atoms with Crippen LogP contribution in [0.25, 0.3) is 5.78 Å². The van der Waals surface area contributed by atoms with Gasteiger partial charge < -0.3 is 15.2 Å².